The summed E-state index contributed by atoms with van der Waals surface area (Å²) in [6.45, 7) is 14.6. The Balaban J connectivity index is 0.000000165. The molecule has 0 bridgehead atoms. The van der Waals surface area contributed by atoms with E-state index < -0.39 is 0 Å². The van der Waals surface area contributed by atoms with Crippen LogP contribution in [-0.2, 0) is 12.8 Å². The molecule has 0 N–H and O–H groups in total. The summed E-state index contributed by atoms with van der Waals surface area (Å²) in [5.41, 5.74) is 6.31. The highest BCUT2D eigenvalue weighted by Gasteiger charge is 2.56. The van der Waals surface area contributed by atoms with Crippen LogP contribution in [0, 0.1) is 36.5 Å². The van der Waals surface area contributed by atoms with Crippen molar-refractivity contribution in [1.29, 1.82) is 0 Å². The van der Waals surface area contributed by atoms with E-state index in [-0.39, 0.29) is 0 Å². The summed E-state index contributed by atoms with van der Waals surface area (Å²) in [6.07, 6.45) is 13.0. The lowest BCUT2D eigenvalue weighted by Gasteiger charge is -2.26. The molecule has 0 radical (unpaired) electrons. The topological polar surface area (TPSA) is 0 Å². The molecule has 0 aliphatic heterocycles. The van der Waals surface area contributed by atoms with E-state index in [1.165, 1.54) is 50.5 Å². The number of hydrogen-bond acceptors (Lipinski definition) is 0. The molecule has 0 aromatic heterocycles. The lowest BCUT2D eigenvalue weighted by molar-refractivity contribution is 0.348. The molecule has 33 heavy (non-hydrogen) atoms. The normalized spacial score (nSPS) is 30.8. The van der Waals surface area contributed by atoms with E-state index in [0.717, 1.165) is 35.5 Å². The third-order valence-corrected chi connectivity index (χ3v) is 8.63. The van der Waals surface area contributed by atoms with Gasteiger partial charge in [-0.1, -0.05) is 94.1 Å². The van der Waals surface area contributed by atoms with Gasteiger partial charge in [-0.25, -0.2) is 0 Å². The molecule has 0 heterocycles. The number of hydrogen-bond donors (Lipinski definition) is 0. The van der Waals surface area contributed by atoms with Gasteiger partial charge in [-0.15, -0.1) is 13.2 Å². The van der Waals surface area contributed by atoms with Crippen LogP contribution >= 0.6 is 0 Å². The van der Waals surface area contributed by atoms with Crippen molar-refractivity contribution in [3.05, 3.63) is 83.9 Å². The van der Waals surface area contributed by atoms with Crippen LogP contribution in [0.3, 0.4) is 0 Å². The molecule has 0 saturated heterocycles. The van der Waals surface area contributed by atoms with Crippen molar-refractivity contribution in [2.24, 2.45) is 29.6 Å². The van der Waals surface area contributed by atoms with E-state index in [0.29, 0.717) is 0 Å². The first-order valence-corrected chi connectivity index (χ1v) is 13.8. The molecule has 3 unspecified atom stereocenters. The molecule has 0 amide bonds. The molecule has 0 nitrogen and oxygen atoms in total. The maximum Gasteiger partial charge on any atom is -0.0162 e. The summed E-state index contributed by atoms with van der Waals surface area (Å²) in [7, 11) is 0. The minimum absolute atomic E-state index is 0.845. The van der Waals surface area contributed by atoms with E-state index >= 15 is 0 Å². The average molecular weight is 445 g/mol. The largest absolute Gasteiger partial charge is 0.106 e. The van der Waals surface area contributed by atoms with Crippen molar-refractivity contribution in [3.8, 4) is 0 Å². The predicted molar refractivity (Wildman–Crippen MR) is 146 cm³/mol. The maximum atomic E-state index is 3.00. The van der Waals surface area contributed by atoms with Crippen molar-refractivity contribution in [2.75, 3.05) is 0 Å². The van der Waals surface area contributed by atoms with Gasteiger partial charge in [0.1, 0.15) is 0 Å². The zero-order chi connectivity index (χ0) is 23.8. The fraction of sp³-hybridized carbons (Fsp3) is 0.576. The van der Waals surface area contributed by atoms with E-state index in [4.69, 9.17) is 0 Å². The zero-order valence-corrected chi connectivity index (χ0v) is 21.9. The highest BCUT2D eigenvalue weighted by Crippen LogP contribution is 2.62. The Morgan fingerprint density at radius 1 is 0.727 bits per heavy atom. The Morgan fingerprint density at radius 3 is 1.97 bits per heavy atom. The Labute approximate surface area is 204 Å². The molecule has 6 rings (SSSR count). The van der Waals surface area contributed by atoms with Crippen molar-refractivity contribution >= 4 is 0 Å². The van der Waals surface area contributed by atoms with Gasteiger partial charge in [-0.05, 0) is 97.6 Å². The Kier molecular flexibility index (Phi) is 9.84. The number of rotatable bonds is 2. The second kappa shape index (κ2) is 12.6. The highest BCUT2D eigenvalue weighted by molar-refractivity contribution is 5.36. The molecule has 3 fully saturated rings. The number of benzene rings is 2. The van der Waals surface area contributed by atoms with Gasteiger partial charge in [0.25, 0.3) is 0 Å². The second-order valence-electron chi connectivity index (χ2n) is 10.6. The summed E-state index contributed by atoms with van der Waals surface area (Å²) in [5, 5.41) is 0. The molecule has 2 aromatic rings. The van der Waals surface area contributed by atoms with Gasteiger partial charge in [-0.2, -0.15) is 0 Å². The van der Waals surface area contributed by atoms with Crippen LogP contribution in [0.25, 0.3) is 0 Å². The number of fused-ring (bicyclic) bond motifs is 2. The fourth-order valence-corrected chi connectivity index (χ4v) is 6.95. The highest BCUT2D eigenvalue weighted by atomic mass is 14.6. The second-order valence-corrected chi connectivity index (χ2v) is 10.6. The first-order chi connectivity index (χ1) is 16.2. The summed E-state index contributed by atoms with van der Waals surface area (Å²) in [5.74, 6) is 6.20. The van der Waals surface area contributed by atoms with Crippen molar-refractivity contribution < 1.29 is 0 Å². The summed E-state index contributed by atoms with van der Waals surface area (Å²) in [4.78, 5) is 0. The standard InChI is InChI=1S/C16H20.C13H18.C2H6.C2H4/c1-10-5-6-11-8-13(9-12(11)7-10)16-14-3-2-4-15(14)16;1-11-7-9-13(10-8-11)12-5-3-2-4-6-12;2*1-2/h5-7,13-16H,2-4,8-9H2,1H3;2-6,11,13H,7-10H2,1H3;1-2H3;1-2H2. The number of aryl methyl sites for hydroxylation is 1. The molecule has 3 atom stereocenters. The Hall–Kier alpha value is -1.82. The first kappa shape index (κ1) is 25.8. The molecule has 4 aliphatic rings. The minimum atomic E-state index is 0.845. The van der Waals surface area contributed by atoms with Crippen LogP contribution < -0.4 is 0 Å². The van der Waals surface area contributed by atoms with Crippen LogP contribution in [0.15, 0.2) is 61.7 Å². The van der Waals surface area contributed by atoms with Crippen molar-refractivity contribution in [3.63, 3.8) is 0 Å². The molecule has 0 heteroatoms. The van der Waals surface area contributed by atoms with Gasteiger partial charge >= 0.3 is 0 Å². The lowest BCUT2D eigenvalue weighted by atomic mass is 9.79. The first-order valence-electron chi connectivity index (χ1n) is 13.8. The smallest absolute Gasteiger partial charge is 0.0162 e. The van der Waals surface area contributed by atoms with E-state index in [9.17, 15) is 0 Å². The SMILES string of the molecule is C=C.CC.CC1CCC(c2ccccc2)CC1.Cc1ccc2c(c1)CC(C1C3CCCC31)C2. The molecule has 180 valence electrons. The van der Waals surface area contributed by atoms with Gasteiger partial charge < -0.3 is 0 Å². The van der Waals surface area contributed by atoms with Crippen LogP contribution in [0.1, 0.15) is 93.9 Å². The van der Waals surface area contributed by atoms with Crippen LogP contribution in [0.2, 0.25) is 0 Å². The third kappa shape index (κ3) is 6.40. The third-order valence-electron chi connectivity index (χ3n) is 8.63. The van der Waals surface area contributed by atoms with Crippen molar-refractivity contribution in [1.82, 2.24) is 0 Å². The molecule has 0 spiro atoms. The minimum Gasteiger partial charge on any atom is -0.106 e. The quantitative estimate of drug-likeness (QED) is 0.404. The van der Waals surface area contributed by atoms with Gasteiger partial charge in [0, 0.05) is 0 Å². The van der Waals surface area contributed by atoms with Gasteiger partial charge in [0.15, 0.2) is 0 Å². The van der Waals surface area contributed by atoms with Gasteiger partial charge in [0.2, 0.25) is 0 Å². The summed E-state index contributed by atoms with van der Waals surface area (Å²) < 4.78 is 0. The van der Waals surface area contributed by atoms with Crippen molar-refractivity contribution in [2.45, 2.75) is 91.4 Å². The molecular formula is C33H48. The Bertz CT molecular complexity index is 816. The summed E-state index contributed by atoms with van der Waals surface area (Å²) in [6, 6.07) is 18.1. The molecule has 2 aromatic carbocycles. The van der Waals surface area contributed by atoms with Gasteiger partial charge in [0.05, 0.1) is 0 Å². The molecular weight excluding hydrogens is 396 g/mol. The van der Waals surface area contributed by atoms with E-state index in [2.05, 4.69) is 75.5 Å². The lowest BCUT2D eigenvalue weighted by Crippen LogP contribution is -2.10. The average Bonchev–Trinajstić information content (AvgIpc) is 3.18. The zero-order valence-electron chi connectivity index (χ0n) is 21.9. The predicted octanol–water partition coefficient (Wildman–Crippen LogP) is 9.56. The van der Waals surface area contributed by atoms with Crippen LogP contribution in [-0.4, -0.2) is 0 Å². The van der Waals surface area contributed by atoms with E-state index in [1.54, 1.807) is 29.5 Å². The molecule has 3 saturated carbocycles. The summed E-state index contributed by atoms with van der Waals surface area (Å²) >= 11 is 0. The molecule has 4 aliphatic carbocycles. The van der Waals surface area contributed by atoms with E-state index in [1.807, 2.05) is 13.8 Å². The van der Waals surface area contributed by atoms with Crippen LogP contribution in [0.4, 0.5) is 0 Å². The monoisotopic (exact) mass is 444 g/mol. The van der Waals surface area contributed by atoms with Gasteiger partial charge in [-0.3, -0.25) is 0 Å². The van der Waals surface area contributed by atoms with Crippen LogP contribution in [0.5, 0.6) is 0 Å². The maximum absolute atomic E-state index is 3.00. The fourth-order valence-electron chi connectivity index (χ4n) is 6.95. The Morgan fingerprint density at radius 2 is 1.33 bits per heavy atom.